The van der Waals surface area contributed by atoms with Crippen LogP contribution < -0.4 is 5.43 Å². The Kier molecular flexibility index (Phi) is 4.06. The van der Waals surface area contributed by atoms with Gasteiger partial charge in [0.15, 0.2) is 0 Å². The fourth-order valence-corrected chi connectivity index (χ4v) is 2.35. The highest BCUT2D eigenvalue weighted by Crippen LogP contribution is 2.34. The van der Waals surface area contributed by atoms with Crippen LogP contribution in [0.1, 0.15) is 36.4 Å². The molecule has 0 spiro atoms. The minimum Gasteiger partial charge on any atom is -0.464 e. The van der Waals surface area contributed by atoms with Crippen LogP contribution in [0.4, 0.5) is 18.0 Å². The van der Waals surface area contributed by atoms with E-state index in [0.29, 0.717) is 12.8 Å². The van der Waals surface area contributed by atoms with E-state index in [1.807, 2.05) is 5.43 Å². The minimum absolute atomic E-state index is 0.162. The number of nitrogens with one attached hydrogen (secondary N) is 1. The molecule has 1 aliphatic rings. The van der Waals surface area contributed by atoms with Gasteiger partial charge in [-0.2, -0.15) is 13.2 Å². The Labute approximate surface area is 118 Å². The monoisotopic (exact) mass is 302 g/mol. The highest BCUT2D eigenvalue weighted by molar-refractivity contribution is 5.80. The Balaban J connectivity index is 2.33. The van der Waals surface area contributed by atoms with Gasteiger partial charge in [-0.15, -0.1) is 0 Å². The number of carboxylic acid groups (broad SMARTS) is 1. The van der Waals surface area contributed by atoms with Crippen LogP contribution in [-0.4, -0.2) is 22.1 Å². The van der Waals surface area contributed by atoms with E-state index in [2.05, 4.69) is 0 Å². The Morgan fingerprint density at radius 3 is 2.71 bits per heavy atom. The van der Waals surface area contributed by atoms with Gasteiger partial charge in [-0.1, -0.05) is 12.1 Å². The topological polar surface area (TPSA) is 69.6 Å². The molecule has 2 N–H and O–H groups in total. The molecule has 2 amide bonds. The molecule has 0 radical (unpaired) electrons. The average molecular weight is 302 g/mol. The van der Waals surface area contributed by atoms with Crippen molar-refractivity contribution in [2.24, 2.45) is 0 Å². The second kappa shape index (κ2) is 5.63. The first-order valence-corrected chi connectivity index (χ1v) is 6.28. The molecule has 0 aliphatic carbocycles. The maximum absolute atomic E-state index is 12.7. The quantitative estimate of drug-likeness (QED) is 0.882. The Morgan fingerprint density at radius 2 is 2.10 bits per heavy atom. The number of rotatable bonds is 2. The van der Waals surface area contributed by atoms with Crippen molar-refractivity contribution >= 4 is 12.0 Å². The van der Waals surface area contributed by atoms with Crippen LogP contribution in [0.25, 0.3) is 0 Å². The maximum atomic E-state index is 12.7. The maximum Gasteiger partial charge on any atom is 0.423 e. The van der Waals surface area contributed by atoms with Gasteiger partial charge in [0.1, 0.15) is 0 Å². The predicted molar refractivity (Wildman–Crippen MR) is 66.0 cm³/mol. The molecule has 1 fully saturated rings. The van der Waals surface area contributed by atoms with Crippen molar-refractivity contribution in [2.45, 2.75) is 31.5 Å². The third-order valence-corrected chi connectivity index (χ3v) is 3.26. The Bertz CT molecular complexity index is 560. The fourth-order valence-electron chi connectivity index (χ4n) is 2.35. The number of carbonyl (C=O) groups is 2. The summed E-state index contributed by atoms with van der Waals surface area (Å²) in [5, 5.41) is 9.64. The van der Waals surface area contributed by atoms with E-state index in [1.165, 1.54) is 12.1 Å². The summed E-state index contributed by atoms with van der Waals surface area (Å²) in [5.74, 6) is -0.453. The van der Waals surface area contributed by atoms with Gasteiger partial charge < -0.3 is 5.11 Å². The number of hydrogen-bond acceptors (Lipinski definition) is 2. The van der Waals surface area contributed by atoms with E-state index < -0.39 is 29.8 Å². The van der Waals surface area contributed by atoms with Crippen molar-refractivity contribution in [3.8, 4) is 0 Å². The number of amides is 2. The van der Waals surface area contributed by atoms with Crippen molar-refractivity contribution in [1.29, 1.82) is 0 Å². The van der Waals surface area contributed by atoms with Gasteiger partial charge in [-0.3, -0.25) is 4.79 Å². The molecule has 114 valence electrons. The van der Waals surface area contributed by atoms with Crippen molar-refractivity contribution in [2.75, 3.05) is 0 Å². The molecule has 5 nitrogen and oxygen atoms in total. The van der Waals surface area contributed by atoms with Crippen LogP contribution in [0.15, 0.2) is 24.3 Å². The molecule has 1 aromatic rings. The van der Waals surface area contributed by atoms with Gasteiger partial charge in [0.05, 0.1) is 11.6 Å². The van der Waals surface area contributed by atoms with Crippen LogP contribution in [0.5, 0.6) is 0 Å². The van der Waals surface area contributed by atoms with Crippen molar-refractivity contribution < 1.29 is 27.9 Å². The van der Waals surface area contributed by atoms with Crippen LogP contribution in [0, 0.1) is 0 Å². The Hall–Kier alpha value is -2.25. The number of halogens is 3. The second-order valence-electron chi connectivity index (χ2n) is 4.71. The van der Waals surface area contributed by atoms with Gasteiger partial charge in [0.2, 0.25) is 5.91 Å². The molecule has 0 aromatic heterocycles. The van der Waals surface area contributed by atoms with Crippen molar-refractivity contribution in [3.05, 3.63) is 35.4 Å². The number of nitrogens with zero attached hydrogens (tertiary/aromatic N) is 1. The number of hydrogen-bond donors (Lipinski definition) is 2. The molecule has 1 aliphatic heterocycles. The number of benzene rings is 1. The lowest BCUT2D eigenvalue weighted by atomic mass is 9.95. The summed E-state index contributed by atoms with van der Waals surface area (Å²) >= 11 is 0. The zero-order valence-corrected chi connectivity index (χ0v) is 10.9. The molecule has 21 heavy (non-hydrogen) atoms. The summed E-state index contributed by atoms with van der Waals surface area (Å²) in [7, 11) is 0. The van der Waals surface area contributed by atoms with Gasteiger partial charge in [-0.05, 0) is 30.5 Å². The van der Waals surface area contributed by atoms with Crippen LogP contribution in [0.3, 0.4) is 0 Å². The summed E-state index contributed by atoms with van der Waals surface area (Å²) in [6.07, 6.45) is -4.86. The molecular formula is C13H13F3N2O3. The summed E-state index contributed by atoms with van der Waals surface area (Å²) in [5.41, 5.74) is 1.39. The third kappa shape index (κ3) is 3.45. The highest BCUT2D eigenvalue weighted by Gasteiger charge is 2.34. The van der Waals surface area contributed by atoms with Crippen molar-refractivity contribution in [3.63, 3.8) is 0 Å². The number of piperidine rings is 1. The molecular weight excluding hydrogens is 289 g/mol. The van der Waals surface area contributed by atoms with E-state index in [-0.39, 0.29) is 12.0 Å². The standard InChI is InChI=1S/C13H13F3N2O3/c14-13(15,16)9-4-1-3-8(7-9)10-5-2-6-11(19)18(10)17-12(20)21/h1,3-4,7,10,17H,2,5-6H2,(H,20,21). The number of carbonyl (C=O) groups excluding carboxylic acids is 1. The molecule has 1 saturated heterocycles. The predicted octanol–water partition coefficient (Wildman–Crippen LogP) is 2.94. The zero-order valence-electron chi connectivity index (χ0n) is 10.9. The molecule has 1 aromatic carbocycles. The van der Waals surface area contributed by atoms with Gasteiger partial charge >= 0.3 is 12.3 Å². The first-order chi connectivity index (χ1) is 9.79. The molecule has 8 heteroatoms. The summed E-state index contributed by atoms with van der Waals surface area (Å²) in [6, 6.07) is 3.85. The lowest BCUT2D eigenvalue weighted by molar-refractivity contribution is -0.140. The van der Waals surface area contributed by atoms with E-state index in [1.54, 1.807) is 0 Å². The average Bonchev–Trinajstić information content (AvgIpc) is 2.40. The first-order valence-electron chi connectivity index (χ1n) is 6.28. The number of alkyl halides is 3. The van der Waals surface area contributed by atoms with Crippen LogP contribution in [0.2, 0.25) is 0 Å². The largest absolute Gasteiger partial charge is 0.464 e. The summed E-state index contributed by atoms with van der Waals surface area (Å²) < 4.78 is 38.2. The van der Waals surface area contributed by atoms with E-state index in [0.717, 1.165) is 17.1 Å². The second-order valence-corrected chi connectivity index (χ2v) is 4.71. The third-order valence-electron chi connectivity index (χ3n) is 3.26. The Morgan fingerprint density at radius 1 is 1.38 bits per heavy atom. The van der Waals surface area contributed by atoms with E-state index in [4.69, 9.17) is 5.11 Å². The van der Waals surface area contributed by atoms with Crippen molar-refractivity contribution in [1.82, 2.24) is 10.4 Å². The van der Waals surface area contributed by atoms with Gasteiger partial charge in [0.25, 0.3) is 0 Å². The van der Waals surface area contributed by atoms with E-state index >= 15 is 0 Å². The lowest BCUT2D eigenvalue weighted by Gasteiger charge is -2.35. The molecule has 1 atom stereocenters. The first kappa shape index (κ1) is 15.1. The zero-order chi connectivity index (χ0) is 15.6. The normalized spacial score (nSPS) is 19.5. The SMILES string of the molecule is O=C(O)NN1C(=O)CCCC1c1cccc(C(F)(F)F)c1. The van der Waals surface area contributed by atoms with Gasteiger partial charge in [-0.25, -0.2) is 15.2 Å². The minimum atomic E-state index is -4.49. The van der Waals surface area contributed by atoms with Crippen LogP contribution >= 0.6 is 0 Å². The summed E-state index contributed by atoms with van der Waals surface area (Å²) in [4.78, 5) is 22.5. The highest BCUT2D eigenvalue weighted by atomic mass is 19.4. The molecule has 1 heterocycles. The smallest absolute Gasteiger partial charge is 0.423 e. The molecule has 1 unspecified atom stereocenters. The van der Waals surface area contributed by atoms with Gasteiger partial charge in [0, 0.05) is 6.42 Å². The lowest BCUT2D eigenvalue weighted by Crippen LogP contribution is -2.49. The number of hydrazine groups is 1. The molecule has 0 bridgehead atoms. The van der Waals surface area contributed by atoms with E-state index in [9.17, 15) is 22.8 Å². The fraction of sp³-hybridized carbons (Fsp3) is 0.385. The van der Waals surface area contributed by atoms with Crippen LogP contribution in [-0.2, 0) is 11.0 Å². The summed E-state index contributed by atoms with van der Waals surface area (Å²) in [6.45, 7) is 0. The molecule has 0 saturated carbocycles. The molecule has 2 rings (SSSR count).